The van der Waals surface area contributed by atoms with E-state index in [-0.39, 0.29) is 5.78 Å². The highest BCUT2D eigenvalue weighted by atomic mass is 16.5. The van der Waals surface area contributed by atoms with Crippen LogP contribution in [0, 0.1) is 6.92 Å². The summed E-state index contributed by atoms with van der Waals surface area (Å²) in [6.45, 7) is 1.86. The van der Waals surface area contributed by atoms with E-state index in [1.807, 2.05) is 25.1 Å². The second-order valence-electron chi connectivity index (χ2n) is 4.51. The Hall–Kier alpha value is -2.62. The van der Waals surface area contributed by atoms with Gasteiger partial charge in [-0.05, 0) is 42.3 Å². The van der Waals surface area contributed by atoms with E-state index in [1.54, 1.807) is 31.6 Å². The Morgan fingerprint density at radius 2 is 2.05 bits per heavy atom. The van der Waals surface area contributed by atoms with Gasteiger partial charge in [-0.2, -0.15) is 0 Å². The van der Waals surface area contributed by atoms with Crippen molar-refractivity contribution in [3.63, 3.8) is 0 Å². The van der Waals surface area contributed by atoms with Gasteiger partial charge in [-0.25, -0.2) is 0 Å². The number of carbonyl (C=O) groups is 1. The van der Waals surface area contributed by atoms with E-state index < -0.39 is 0 Å². The Morgan fingerprint density at radius 3 is 2.67 bits per heavy atom. The highest BCUT2D eigenvalue weighted by Crippen LogP contribution is 2.29. The summed E-state index contributed by atoms with van der Waals surface area (Å²) < 4.78 is 10.5. The molecule has 1 aromatic heterocycles. The molecule has 0 saturated carbocycles. The number of benzene rings is 1. The van der Waals surface area contributed by atoms with Crippen LogP contribution in [0.1, 0.15) is 21.5 Å². The molecule has 4 nitrogen and oxygen atoms in total. The van der Waals surface area contributed by atoms with Gasteiger partial charge < -0.3 is 9.47 Å². The molecule has 0 fully saturated rings. The van der Waals surface area contributed by atoms with Gasteiger partial charge in [0.15, 0.2) is 5.78 Å². The normalized spacial score (nSPS) is 10.6. The summed E-state index contributed by atoms with van der Waals surface area (Å²) in [5, 5.41) is 0. The molecular weight excluding hydrogens is 266 g/mol. The molecule has 108 valence electrons. The first-order chi connectivity index (χ1) is 10.2. The molecule has 0 aliphatic rings. The Balaban J connectivity index is 2.33. The largest absolute Gasteiger partial charge is 0.497 e. The number of hydrogen-bond acceptors (Lipinski definition) is 4. The molecule has 1 heterocycles. The number of ketones is 1. The number of aryl methyl sites for hydroxylation is 1. The third-order valence-electron chi connectivity index (χ3n) is 3.09. The molecular formula is C17H17NO3. The summed E-state index contributed by atoms with van der Waals surface area (Å²) in [7, 11) is 3.12. The number of hydrogen-bond donors (Lipinski definition) is 0. The fraction of sp³-hybridized carbons (Fsp3) is 0.176. The average molecular weight is 283 g/mol. The molecule has 0 bridgehead atoms. The number of methoxy groups -OCH3 is 2. The molecule has 21 heavy (non-hydrogen) atoms. The standard InChI is InChI=1S/C17H17NO3/c1-12-9-14(20-2)10-16(21-3)17(12)15(19)7-6-13-5-4-8-18-11-13/h4-11H,1-3H3/b7-6+. The summed E-state index contributed by atoms with van der Waals surface area (Å²) in [6, 6.07) is 7.23. The molecule has 0 saturated heterocycles. The second kappa shape index (κ2) is 6.70. The van der Waals surface area contributed by atoms with E-state index in [9.17, 15) is 4.79 Å². The van der Waals surface area contributed by atoms with Crippen molar-refractivity contribution in [1.82, 2.24) is 4.98 Å². The van der Waals surface area contributed by atoms with Crippen molar-refractivity contribution in [2.24, 2.45) is 0 Å². The molecule has 0 amide bonds. The lowest BCUT2D eigenvalue weighted by molar-refractivity contribution is 0.104. The molecule has 0 aliphatic carbocycles. The van der Waals surface area contributed by atoms with E-state index in [2.05, 4.69) is 4.98 Å². The van der Waals surface area contributed by atoms with Crippen LogP contribution in [-0.4, -0.2) is 25.0 Å². The Kier molecular flexibility index (Phi) is 4.72. The molecule has 1 aromatic carbocycles. The van der Waals surface area contributed by atoms with Crippen molar-refractivity contribution < 1.29 is 14.3 Å². The zero-order valence-corrected chi connectivity index (χ0v) is 12.3. The lowest BCUT2D eigenvalue weighted by Gasteiger charge is -2.11. The molecule has 0 spiro atoms. The van der Waals surface area contributed by atoms with Gasteiger partial charge in [0.05, 0.1) is 19.8 Å². The Bertz CT molecular complexity index is 663. The number of pyridine rings is 1. The number of carbonyl (C=O) groups excluding carboxylic acids is 1. The van der Waals surface area contributed by atoms with Crippen molar-refractivity contribution in [3.8, 4) is 11.5 Å². The first-order valence-corrected chi connectivity index (χ1v) is 6.50. The number of allylic oxidation sites excluding steroid dienone is 1. The summed E-state index contributed by atoms with van der Waals surface area (Å²) >= 11 is 0. The quantitative estimate of drug-likeness (QED) is 0.624. The smallest absolute Gasteiger partial charge is 0.189 e. The molecule has 4 heteroatoms. The molecule has 0 unspecified atom stereocenters. The van der Waals surface area contributed by atoms with E-state index in [4.69, 9.17) is 9.47 Å². The van der Waals surface area contributed by atoms with Crippen LogP contribution in [0.15, 0.2) is 42.7 Å². The number of rotatable bonds is 5. The third-order valence-corrected chi connectivity index (χ3v) is 3.09. The van der Waals surface area contributed by atoms with Crippen LogP contribution in [0.4, 0.5) is 0 Å². The van der Waals surface area contributed by atoms with Gasteiger partial charge in [-0.1, -0.05) is 6.07 Å². The van der Waals surface area contributed by atoms with Crippen molar-refractivity contribution in [2.45, 2.75) is 6.92 Å². The fourth-order valence-corrected chi connectivity index (χ4v) is 2.05. The summed E-state index contributed by atoms with van der Waals surface area (Å²) in [6.07, 6.45) is 6.64. The van der Waals surface area contributed by atoms with Gasteiger partial charge in [0.2, 0.25) is 0 Å². The van der Waals surface area contributed by atoms with Crippen LogP contribution < -0.4 is 9.47 Å². The maximum Gasteiger partial charge on any atom is 0.189 e. The van der Waals surface area contributed by atoms with Gasteiger partial charge in [0.1, 0.15) is 11.5 Å². The maximum atomic E-state index is 12.4. The SMILES string of the molecule is COc1cc(C)c(C(=O)/C=C/c2cccnc2)c(OC)c1. The minimum atomic E-state index is -0.115. The van der Waals surface area contributed by atoms with E-state index in [0.717, 1.165) is 11.1 Å². The Labute approximate surface area is 124 Å². The van der Waals surface area contributed by atoms with E-state index in [0.29, 0.717) is 17.1 Å². The third kappa shape index (κ3) is 3.48. The molecule has 0 atom stereocenters. The topological polar surface area (TPSA) is 48.4 Å². The predicted octanol–water partition coefficient (Wildman–Crippen LogP) is 3.30. The zero-order chi connectivity index (χ0) is 15.2. The van der Waals surface area contributed by atoms with Gasteiger partial charge in [-0.15, -0.1) is 0 Å². The van der Waals surface area contributed by atoms with Crippen LogP contribution in [0.3, 0.4) is 0 Å². The van der Waals surface area contributed by atoms with Gasteiger partial charge in [-0.3, -0.25) is 9.78 Å². The van der Waals surface area contributed by atoms with Crippen LogP contribution in [-0.2, 0) is 0 Å². The summed E-state index contributed by atoms with van der Waals surface area (Å²) in [5.41, 5.74) is 2.22. The maximum absolute atomic E-state index is 12.4. The number of nitrogens with zero attached hydrogens (tertiary/aromatic N) is 1. The van der Waals surface area contributed by atoms with Gasteiger partial charge in [0, 0.05) is 18.5 Å². The van der Waals surface area contributed by atoms with Crippen molar-refractivity contribution >= 4 is 11.9 Å². The van der Waals surface area contributed by atoms with Gasteiger partial charge >= 0.3 is 0 Å². The number of aromatic nitrogens is 1. The zero-order valence-electron chi connectivity index (χ0n) is 12.3. The van der Waals surface area contributed by atoms with Gasteiger partial charge in [0.25, 0.3) is 0 Å². The van der Waals surface area contributed by atoms with Crippen molar-refractivity contribution in [1.29, 1.82) is 0 Å². The Morgan fingerprint density at radius 1 is 1.24 bits per heavy atom. The summed E-state index contributed by atoms with van der Waals surface area (Å²) in [4.78, 5) is 16.4. The van der Waals surface area contributed by atoms with Crippen LogP contribution >= 0.6 is 0 Å². The molecule has 2 rings (SSSR count). The highest BCUT2D eigenvalue weighted by molar-refractivity contribution is 6.09. The minimum absolute atomic E-state index is 0.115. The molecule has 0 radical (unpaired) electrons. The second-order valence-corrected chi connectivity index (χ2v) is 4.51. The van der Waals surface area contributed by atoms with Crippen LogP contribution in [0.5, 0.6) is 11.5 Å². The van der Waals surface area contributed by atoms with Crippen molar-refractivity contribution in [2.75, 3.05) is 14.2 Å². The lowest BCUT2D eigenvalue weighted by atomic mass is 10.0. The molecule has 2 aromatic rings. The average Bonchev–Trinajstić information content (AvgIpc) is 2.52. The van der Waals surface area contributed by atoms with Crippen molar-refractivity contribution in [3.05, 3.63) is 59.4 Å². The van der Waals surface area contributed by atoms with E-state index >= 15 is 0 Å². The van der Waals surface area contributed by atoms with E-state index in [1.165, 1.54) is 13.2 Å². The monoisotopic (exact) mass is 283 g/mol. The van der Waals surface area contributed by atoms with Crippen LogP contribution in [0.2, 0.25) is 0 Å². The first-order valence-electron chi connectivity index (χ1n) is 6.50. The predicted molar refractivity (Wildman–Crippen MR) is 81.9 cm³/mol. The lowest BCUT2D eigenvalue weighted by Crippen LogP contribution is -2.03. The number of ether oxygens (including phenoxy) is 2. The first kappa shape index (κ1) is 14.8. The minimum Gasteiger partial charge on any atom is -0.497 e. The highest BCUT2D eigenvalue weighted by Gasteiger charge is 2.14. The fourth-order valence-electron chi connectivity index (χ4n) is 2.05. The summed E-state index contributed by atoms with van der Waals surface area (Å²) in [5.74, 6) is 1.06. The molecule has 0 aliphatic heterocycles. The van der Waals surface area contributed by atoms with Crippen LogP contribution in [0.25, 0.3) is 6.08 Å². The molecule has 0 N–H and O–H groups in total.